The predicted molar refractivity (Wildman–Crippen MR) is 128 cm³/mol. The van der Waals surface area contributed by atoms with E-state index in [9.17, 15) is 14.4 Å². The highest BCUT2D eigenvalue weighted by atomic mass is 16.5. The van der Waals surface area contributed by atoms with Gasteiger partial charge in [0.1, 0.15) is 12.4 Å². The summed E-state index contributed by atoms with van der Waals surface area (Å²) in [6, 6.07) is 20.4. The van der Waals surface area contributed by atoms with Crippen molar-refractivity contribution in [3.8, 4) is 11.4 Å². The number of hydrogen-bond acceptors (Lipinski definition) is 6. The van der Waals surface area contributed by atoms with Crippen LogP contribution in [0.4, 0.5) is 5.69 Å². The van der Waals surface area contributed by atoms with Crippen LogP contribution in [0.25, 0.3) is 5.69 Å². The van der Waals surface area contributed by atoms with Crippen LogP contribution in [0.1, 0.15) is 43.6 Å². The first-order valence-corrected chi connectivity index (χ1v) is 11.1. The van der Waals surface area contributed by atoms with E-state index in [2.05, 4.69) is 5.10 Å². The van der Waals surface area contributed by atoms with Gasteiger partial charge in [-0.1, -0.05) is 12.1 Å². The fourth-order valence-electron chi connectivity index (χ4n) is 3.86. The predicted octanol–water partition coefficient (Wildman–Crippen LogP) is 4.43. The van der Waals surface area contributed by atoms with Gasteiger partial charge in [0.05, 0.1) is 34.7 Å². The fourth-order valence-corrected chi connectivity index (χ4v) is 3.86. The van der Waals surface area contributed by atoms with E-state index < -0.39 is 17.8 Å². The zero-order valence-electron chi connectivity index (χ0n) is 18.9. The van der Waals surface area contributed by atoms with E-state index in [4.69, 9.17) is 9.47 Å². The van der Waals surface area contributed by atoms with Crippen LogP contribution >= 0.6 is 0 Å². The van der Waals surface area contributed by atoms with Gasteiger partial charge in [0.25, 0.3) is 11.8 Å². The van der Waals surface area contributed by atoms with E-state index in [1.54, 1.807) is 35.1 Å². The van der Waals surface area contributed by atoms with Crippen molar-refractivity contribution < 1.29 is 23.9 Å². The van der Waals surface area contributed by atoms with Crippen LogP contribution in [0.5, 0.6) is 5.75 Å². The molecule has 35 heavy (non-hydrogen) atoms. The quantitative estimate of drug-likeness (QED) is 0.295. The summed E-state index contributed by atoms with van der Waals surface area (Å²) in [7, 11) is 0. The van der Waals surface area contributed by atoms with Gasteiger partial charge >= 0.3 is 5.97 Å². The number of rotatable bonds is 7. The molecule has 0 bridgehead atoms. The topological polar surface area (TPSA) is 90.7 Å². The van der Waals surface area contributed by atoms with Crippen LogP contribution in [0.15, 0.2) is 85.2 Å². The molecule has 0 atom stereocenters. The molecule has 4 aromatic rings. The second kappa shape index (κ2) is 9.26. The average molecular weight is 467 g/mol. The van der Waals surface area contributed by atoms with Crippen molar-refractivity contribution in [1.82, 2.24) is 9.78 Å². The number of hydrogen-bond donors (Lipinski definition) is 0. The Bertz CT molecular complexity index is 1390. The molecular formula is C27H21N3O5. The molecule has 8 heteroatoms. The number of aromatic nitrogens is 2. The van der Waals surface area contributed by atoms with E-state index in [-0.39, 0.29) is 23.3 Å². The molecule has 2 amide bonds. The second-order valence-electron chi connectivity index (χ2n) is 7.83. The van der Waals surface area contributed by atoms with Crippen molar-refractivity contribution in [2.75, 3.05) is 11.5 Å². The highest BCUT2D eigenvalue weighted by Crippen LogP contribution is 2.30. The SMILES string of the molecule is CCOc1ccc(N2C(=O)c3ccc(C(=O)OCc4ccc(-n5cccn5)cc4)cc3C2=O)cc1. The number of amides is 2. The monoisotopic (exact) mass is 467 g/mol. The van der Waals surface area contributed by atoms with E-state index in [1.807, 2.05) is 43.5 Å². The van der Waals surface area contributed by atoms with Crippen molar-refractivity contribution in [3.05, 3.63) is 107 Å². The minimum Gasteiger partial charge on any atom is -0.494 e. The molecule has 1 aliphatic rings. The van der Waals surface area contributed by atoms with Gasteiger partial charge in [-0.25, -0.2) is 14.4 Å². The molecule has 0 aliphatic carbocycles. The molecule has 0 unspecified atom stereocenters. The zero-order chi connectivity index (χ0) is 24.4. The molecule has 0 saturated carbocycles. The van der Waals surface area contributed by atoms with Crippen LogP contribution in [0.3, 0.4) is 0 Å². The normalized spacial score (nSPS) is 12.5. The summed E-state index contributed by atoms with van der Waals surface area (Å²) in [5.74, 6) is -0.859. The third-order valence-corrected chi connectivity index (χ3v) is 5.60. The number of benzene rings is 3. The summed E-state index contributed by atoms with van der Waals surface area (Å²) in [6.07, 6.45) is 3.54. The number of carbonyl (C=O) groups excluding carboxylic acids is 3. The molecule has 0 radical (unpaired) electrons. The van der Waals surface area contributed by atoms with Gasteiger partial charge in [-0.15, -0.1) is 0 Å². The number of ether oxygens (including phenoxy) is 2. The zero-order valence-corrected chi connectivity index (χ0v) is 18.9. The number of fused-ring (bicyclic) bond motifs is 1. The number of nitrogens with zero attached hydrogens (tertiary/aromatic N) is 3. The van der Waals surface area contributed by atoms with Gasteiger partial charge in [0.15, 0.2) is 0 Å². The lowest BCUT2D eigenvalue weighted by Gasteiger charge is -2.14. The third-order valence-electron chi connectivity index (χ3n) is 5.60. The molecule has 174 valence electrons. The minimum absolute atomic E-state index is 0.0699. The van der Waals surface area contributed by atoms with E-state index in [1.165, 1.54) is 18.2 Å². The first-order valence-electron chi connectivity index (χ1n) is 11.1. The molecule has 0 spiro atoms. The summed E-state index contributed by atoms with van der Waals surface area (Å²) in [4.78, 5) is 39.6. The maximum atomic E-state index is 13.0. The molecule has 1 aliphatic heterocycles. The Kier molecular flexibility index (Phi) is 5.85. The van der Waals surface area contributed by atoms with Crippen LogP contribution in [-0.2, 0) is 11.3 Å². The molecule has 0 fully saturated rings. The molecular weight excluding hydrogens is 446 g/mol. The minimum atomic E-state index is -0.580. The Morgan fingerprint density at radius 1 is 0.886 bits per heavy atom. The Labute approximate surface area is 201 Å². The van der Waals surface area contributed by atoms with Gasteiger partial charge in [0, 0.05) is 12.4 Å². The summed E-state index contributed by atoms with van der Waals surface area (Å²) >= 11 is 0. The lowest BCUT2D eigenvalue weighted by molar-refractivity contribution is 0.0472. The third kappa shape index (κ3) is 4.29. The van der Waals surface area contributed by atoms with Crippen molar-refractivity contribution in [2.45, 2.75) is 13.5 Å². The molecule has 3 aromatic carbocycles. The van der Waals surface area contributed by atoms with Crippen LogP contribution in [0, 0.1) is 0 Å². The molecule has 5 rings (SSSR count). The lowest BCUT2D eigenvalue weighted by Crippen LogP contribution is -2.29. The van der Waals surface area contributed by atoms with E-state index in [0.717, 1.165) is 16.2 Å². The van der Waals surface area contributed by atoms with Crippen molar-refractivity contribution in [1.29, 1.82) is 0 Å². The van der Waals surface area contributed by atoms with E-state index >= 15 is 0 Å². The lowest BCUT2D eigenvalue weighted by atomic mass is 10.1. The maximum absolute atomic E-state index is 13.0. The highest BCUT2D eigenvalue weighted by Gasteiger charge is 2.37. The summed E-state index contributed by atoms with van der Waals surface area (Å²) in [5.41, 5.74) is 2.75. The maximum Gasteiger partial charge on any atom is 0.338 e. The van der Waals surface area contributed by atoms with Crippen molar-refractivity contribution in [3.63, 3.8) is 0 Å². The van der Waals surface area contributed by atoms with Gasteiger partial charge in [-0.05, 0) is 73.2 Å². The van der Waals surface area contributed by atoms with Crippen LogP contribution in [-0.4, -0.2) is 34.2 Å². The van der Waals surface area contributed by atoms with Crippen LogP contribution in [0.2, 0.25) is 0 Å². The Hall–Kier alpha value is -4.72. The van der Waals surface area contributed by atoms with E-state index in [0.29, 0.717) is 18.0 Å². The van der Waals surface area contributed by atoms with Crippen molar-refractivity contribution in [2.24, 2.45) is 0 Å². The summed E-state index contributed by atoms with van der Waals surface area (Å²) < 4.78 is 12.6. The smallest absolute Gasteiger partial charge is 0.338 e. The Balaban J connectivity index is 1.28. The van der Waals surface area contributed by atoms with Gasteiger partial charge in [-0.2, -0.15) is 5.10 Å². The van der Waals surface area contributed by atoms with Gasteiger partial charge < -0.3 is 9.47 Å². The molecule has 0 saturated heterocycles. The molecule has 2 heterocycles. The Morgan fingerprint density at radius 3 is 2.29 bits per heavy atom. The molecule has 8 nitrogen and oxygen atoms in total. The average Bonchev–Trinajstić information content (AvgIpc) is 3.51. The Morgan fingerprint density at radius 2 is 1.60 bits per heavy atom. The standard InChI is InChI=1S/C27H21N3O5/c1-2-34-22-11-9-21(10-12-22)30-25(31)23-13-6-19(16-24(23)26(30)32)27(33)35-17-18-4-7-20(8-5-18)29-15-3-14-28-29/h3-16H,2,17H2,1H3. The van der Waals surface area contributed by atoms with Gasteiger partial charge in [-0.3, -0.25) is 9.59 Å². The summed E-state index contributed by atoms with van der Waals surface area (Å²) in [6.45, 7) is 2.46. The number of esters is 1. The van der Waals surface area contributed by atoms with Gasteiger partial charge in [0.2, 0.25) is 0 Å². The number of carbonyl (C=O) groups is 3. The first-order chi connectivity index (χ1) is 17.0. The summed E-state index contributed by atoms with van der Waals surface area (Å²) in [5, 5.41) is 4.18. The second-order valence-corrected chi connectivity index (χ2v) is 7.83. The highest BCUT2D eigenvalue weighted by molar-refractivity contribution is 6.34. The van der Waals surface area contributed by atoms with Crippen LogP contribution < -0.4 is 9.64 Å². The first kappa shape index (κ1) is 22.1. The van der Waals surface area contributed by atoms with Crippen molar-refractivity contribution >= 4 is 23.5 Å². The molecule has 0 N–H and O–H groups in total. The largest absolute Gasteiger partial charge is 0.494 e. The number of imide groups is 1. The fraction of sp³-hybridized carbons (Fsp3) is 0.111. The molecule has 1 aromatic heterocycles. The number of anilines is 1.